The molecule has 0 saturated heterocycles. The maximum Gasteiger partial charge on any atom is 0.344 e. The number of anilines is 1. The number of carbonyl (C=O) groups excluding carboxylic acids is 2. The van der Waals surface area contributed by atoms with Crippen molar-refractivity contribution in [3.8, 4) is 17.0 Å². The summed E-state index contributed by atoms with van der Waals surface area (Å²) in [6, 6.07) is 23.1. The van der Waals surface area contributed by atoms with E-state index in [9.17, 15) is 9.59 Å². The smallest absolute Gasteiger partial charge is 0.344 e. The lowest BCUT2D eigenvalue weighted by Crippen LogP contribution is -2.50. The minimum atomic E-state index is -0.878. The van der Waals surface area contributed by atoms with Crippen LogP contribution in [0.3, 0.4) is 0 Å². The van der Waals surface area contributed by atoms with Crippen LogP contribution in [0.25, 0.3) is 11.3 Å². The van der Waals surface area contributed by atoms with Gasteiger partial charge in [0.25, 0.3) is 0 Å². The average Bonchev–Trinajstić information content (AvgIpc) is 3.43. The monoisotopic (exact) mass is 560 g/mol. The minimum absolute atomic E-state index is 0.107. The summed E-state index contributed by atoms with van der Waals surface area (Å²) in [6.07, 6.45) is 0. The van der Waals surface area contributed by atoms with E-state index in [-0.39, 0.29) is 11.8 Å². The first-order chi connectivity index (χ1) is 18.5. The van der Waals surface area contributed by atoms with Crippen molar-refractivity contribution in [3.63, 3.8) is 0 Å². The Labute approximate surface area is 237 Å². The van der Waals surface area contributed by atoms with E-state index >= 15 is 0 Å². The number of nitrogens with one attached hydrogen (secondary N) is 1. The lowest BCUT2D eigenvalue weighted by molar-refractivity contribution is 0.103. The van der Waals surface area contributed by atoms with Gasteiger partial charge >= 0.3 is 6.03 Å². The highest BCUT2D eigenvalue weighted by Crippen LogP contribution is 2.28. The van der Waals surface area contributed by atoms with Crippen molar-refractivity contribution < 1.29 is 14.3 Å². The Balaban J connectivity index is 1.36. The van der Waals surface area contributed by atoms with Crippen LogP contribution in [0.1, 0.15) is 29.8 Å². The summed E-state index contributed by atoms with van der Waals surface area (Å²) in [4.78, 5) is 31.9. The molecule has 1 aromatic heterocycles. The molecule has 4 aromatic rings. The summed E-state index contributed by atoms with van der Waals surface area (Å²) < 4.78 is 6.15. The summed E-state index contributed by atoms with van der Waals surface area (Å²) in [6.45, 7) is 7.76. The van der Waals surface area contributed by atoms with Crippen LogP contribution in [0.2, 0.25) is 5.02 Å². The molecule has 0 bridgehead atoms. The van der Waals surface area contributed by atoms with E-state index < -0.39 is 5.60 Å². The van der Waals surface area contributed by atoms with Gasteiger partial charge in [0.2, 0.25) is 0 Å². The number of hydrogen-bond acceptors (Lipinski definition) is 6. The Kier molecular flexibility index (Phi) is 8.38. The fraction of sp³-hybridized carbons (Fsp3) is 0.167. The second-order valence-corrected chi connectivity index (χ2v) is 10.6. The standard InChI is InChI=1S/C30H29ClN4O3S/c1-20(33-35(5)29(37)34(4)28-32-26(19-39-28)21-9-7-6-8-10-21)30(2,3)38-25-17-13-23(14-18-25)27(36)22-11-15-24(31)16-12-22/h6-19,33H,1H2,2-5H3. The lowest BCUT2D eigenvalue weighted by atomic mass is 10.0. The third kappa shape index (κ3) is 6.66. The van der Waals surface area contributed by atoms with Gasteiger partial charge in [-0.15, -0.1) is 11.3 Å². The number of urea groups is 1. The highest BCUT2D eigenvalue weighted by Gasteiger charge is 2.28. The minimum Gasteiger partial charge on any atom is -0.482 e. The zero-order valence-electron chi connectivity index (χ0n) is 22.1. The second-order valence-electron chi connectivity index (χ2n) is 9.35. The molecule has 39 heavy (non-hydrogen) atoms. The van der Waals surface area contributed by atoms with E-state index in [4.69, 9.17) is 16.3 Å². The van der Waals surface area contributed by atoms with Gasteiger partial charge in [0.15, 0.2) is 10.9 Å². The number of halogens is 1. The number of benzene rings is 3. The topological polar surface area (TPSA) is 74.8 Å². The van der Waals surface area contributed by atoms with Crippen LogP contribution in [0.15, 0.2) is 96.5 Å². The highest BCUT2D eigenvalue weighted by molar-refractivity contribution is 7.14. The molecule has 2 amide bonds. The molecule has 4 rings (SSSR count). The molecule has 0 aliphatic rings. The van der Waals surface area contributed by atoms with Crippen molar-refractivity contribution in [2.75, 3.05) is 19.0 Å². The van der Waals surface area contributed by atoms with Crippen molar-refractivity contribution in [1.29, 1.82) is 0 Å². The molecule has 1 heterocycles. The zero-order chi connectivity index (χ0) is 28.2. The first kappa shape index (κ1) is 27.9. The Morgan fingerprint density at radius 2 is 1.54 bits per heavy atom. The van der Waals surface area contributed by atoms with Crippen molar-refractivity contribution in [3.05, 3.63) is 113 Å². The number of ketones is 1. The summed E-state index contributed by atoms with van der Waals surface area (Å²) >= 11 is 7.31. The van der Waals surface area contributed by atoms with Gasteiger partial charge in [-0.05, 0) is 62.4 Å². The quantitative estimate of drug-likeness (QED) is 0.175. The van der Waals surface area contributed by atoms with Gasteiger partial charge in [0.05, 0.1) is 11.4 Å². The van der Waals surface area contributed by atoms with Gasteiger partial charge < -0.3 is 4.74 Å². The van der Waals surface area contributed by atoms with Crippen LogP contribution in [-0.2, 0) is 0 Å². The largest absolute Gasteiger partial charge is 0.482 e. The van der Waals surface area contributed by atoms with Crippen LogP contribution >= 0.6 is 22.9 Å². The van der Waals surface area contributed by atoms with Crippen LogP contribution in [0, 0.1) is 0 Å². The Morgan fingerprint density at radius 3 is 2.15 bits per heavy atom. The summed E-state index contributed by atoms with van der Waals surface area (Å²) in [7, 11) is 3.29. The number of aromatic nitrogens is 1. The number of thiazole rings is 1. The molecule has 9 heteroatoms. The Hall–Kier alpha value is -4.14. The fourth-order valence-corrected chi connectivity index (χ4v) is 4.57. The van der Waals surface area contributed by atoms with E-state index in [2.05, 4.69) is 17.0 Å². The van der Waals surface area contributed by atoms with E-state index in [1.165, 1.54) is 21.2 Å². The van der Waals surface area contributed by atoms with Crippen LogP contribution in [0.4, 0.5) is 9.93 Å². The molecular weight excluding hydrogens is 532 g/mol. The first-order valence-corrected chi connectivity index (χ1v) is 13.4. The number of nitrogens with zero attached hydrogens (tertiary/aromatic N) is 3. The molecule has 0 saturated carbocycles. The SMILES string of the molecule is C=C(NN(C)C(=O)N(C)c1nc(-c2ccccc2)cs1)C(C)(C)Oc1ccc(C(=O)c2ccc(Cl)cc2)cc1. The molecule has 0 fully saturated rings. The Morgan fingerprint density at radius 1 is 0.949 bits per heavy atom. The molecule has 7 nitrogen and oxygen atoms in total. The van der Waals surface area contributed by atoms with Gasteiger partial charge in [0, 0.05) is 41.2 Å². The molecule has 0 aliphatic heterocycles. The number of carbonyl (C=O) groups is 2. The maximum absolute atomic E-state index is 13.1. The number of hydrogen-bond donors (Lipinski definition) is 1. The number of hydrazine groups is 1. The normalized spacial score (nSPS) is 11.0. The van der Waals surface area contributed by atoms with Gasteiger partial charge in [-0.2, -0.15) is 0 Å². The second kappa shape index (κ2) is 11.7. The molecule has 1 N–H and O–H groups in total. The molecular formula is C30H29ClN4O3S. The van der Waals surface area contributed by atoms with Gasteiger partial charge in [0.1, 0.15) is 11.4 Å². The molecule has 0 unspecified atom stereocenters. The third-order valence-corrected chi connectivity index (χ3v) is 7.22. The molecule has 3 aromatic carbocycles. The summed E-state index contributed by atoms with van der Waals surface area (Å²) in [5.74, 6) is 0.446. The highest BCUT2D eigenvalue weighted by atomic mass is 35.5. The van der Waals surface area contributed by atoms with Crippen LogP contribution < -0.4 is 15.1 Å². The van der Waals surface area contributed by atoms with Crippen LogP contribution in [0.5, 0.6) is 5.75 Å². The fourth-order valence-electron chi connectivity index (χ4n) is 3.65. The average molecular weight is 561 g/mol. The van der Waals surface area contributed by atoms with Gasteiger partial charge in [-0.3, -0.25) is 15.1 Å². The lowest BCUT2D eigenvalue weighted by Gasteiger charge is -2.33. The number of ether oxygens (including phenoxy) is 1. The molecule has 0 atom stereocenters. The van der Waals surface area contributed by atoms with Crippen LogP contribution in [-0.4, -0.2) is 41.5 Å². The number of rotatable bonds is 9. The maximum atomic E-state index is 13.1. The van der Waals surface area contributed by atoms with E-state index in [1.54, 1.807) is 62.6 Å². The van der Waals surface area contributed by atoms with Crippen molar-refractivity contribution in [2.45, 2.75) is 19.4 Å². The Bertz CT molecular complexity index is 1470. The zero-order valence-corrected chi connectivity index (χ0v) is 23.7. The predicted molar refractivity (Wildman–Crippen MR) is 157 cm³/mol. The first-order valence-electron chi connectivity index (χ1n) is 12.1. The molecule has 0 aliphatic carbocycles. The van der Waals surface area contributed by atoms with E-state index in [0.29, 0.717) is 32.7 Å². The van der Waals surface area contributed by atoms with E-state index in [1.807, 2.05) is 49.6 Å². The van der Waals surface area contributed by atoms with Crippen molar-refractivity contribution in [1.82, 2.24) is 15.4 Å². The van der Waals surface area contributed by atoms with Crippen molar-refractivity contribution in [2.24, 2.45) is 0 Å². The molecule has 0 spiro atoms. The molecule has 200 valence electrons. The predicted octanol–water partition coefficient (Wildman–Crippen LogP) is 7.06. The third-order valence-electron chi connectivity index (χ3n) is 6.05. The number of amides is 2. The van der Waals surface area contributed by atoms with Crippen molar-refractivity contribution >= 4 is 39.9 Å². The van der Waals surface area contributed by atoms with Gasteiger partial charge in [-0.25, -0.2) is 14.8 Å². The van der Waals surface area contributed by atoms with Gasteiger partial charge in [-0.1, -0.05) is 48.5 Å². The molecule has 0 radical (unpaired) electrons. The van der Waals surface area contributed by atoms with E-state index in [0.717, 1.165) is 11.3 Å². The summed E-state index contributed by atoms with van der Waals surface area (Å²) in [5.41, 5.74) is 5.50. The summed E-state index contributed by atoms with van der Waals surface area (Å²) in [5, 5.41) is 4.41.